The average Bonchev–Trinajstić information content (AvgIpc) is 2.40. The summed E-state index contributed by atoms with van der Waals surface area (Å²) in [6.45, 7) is 2.87. The molecule has 0 saturated carbocycles. The van der Waals surface area contributed by atoms with Gasteiger partial charge < -0.3 is 10.5 Å². The van der Waals surface area contributed by atoms with Crippen molar-refractivity contribution in [2.45, 2.75) is 18.2 Å². The van der Waals surface area contributed by atoms with Gasteiger partial charge in [-0.1, -0.05) is 24.3 Å². The Bertz CT molecular complexity index is 528. The highest BCUT2D eigenvalue weighted by Crippen LogP contribution is 2.22. The fraction of sp³-hybridized carbons (Fsp3) is 0.250. The number of benzene rings is 2. The Kier molecular flexibility index (Phi) is 5.16. The Morgan fingerprint density at radius 2 is 1.95 bits per heavy atom. The second-order valence-corrected chi connectivity index (χ2v) is 5.53. The predicted molar refractivity (Wildman–Crippen MR) is 82.9 cm³/mol. The SMILES string of the molecule is Cc1ccccc1SCCCOc1cccc(N)c1. The molecule has 0 spiro atoms. The van der Waals surface area contributed by atoms with Crippen molar-refractivity contribution in [2.24, 2.45) is 0 Å². The Balaban J connectivity index is 1.69. The van der Waals surface area contributed by atoms with Crippen LogP contribution in [0.25, 0.3) is 0 Å². The van der Waals surface area contributed by atoms with Gasteiger partial charge in [-0.3, -0.25) is 0 Å². The molecule has 0 unspecified atom stereocenters. The summed E-state index contributed by atoms with van der Waals surface area (Å²) < 4.78 is 5.66. The van der Waals surface area contributed by atoms with E-state index < -0.39 is 0 Å². The van der Waals surface area contributed by atoms with Crippen LogP contribution in [0, 0.1) is 6.92 Å². The van der Waals surface area contributed by atoms with Crippen LogP contribution >= 0.6 is 11.8 Å². The molecule has 19 heavy (non-hydrogen) atoms. The third kappa shape index (κ3) is 4.52. The highest BCUT2D eigenvalue weighted by atomic mass is 32.2. The van der Waals surface area contributed by atoms with Crippen molar-refractivity contribution < 1.29 is 4.74 Å². The van der Waals surface area contributed by atoms with Crippen molar-refractivity contribution in [3.8, 4) is 5.75 Å². The topological polar surface area (TPSA) is 35.2 Å². The number of nitrogen functional groups attached to an aromatic ring is 1. The first-order valence-corrected chi connectivity index (χ1v) is 7.41. The molecule has 2 aromatic carbocycles. The summed E-state index contributed by atoms with van der Waals surface area (Å²) in [6.07, 6.45) is 1.02. The number of nitrogens with two attached hydrogens (primary N) is 1. The van der Waals surface area contributed by atoms with E-state index in [0.29, 0.717) is 0 Å². The monoisotopic (exact) mass is 273 g/mol. The van der Waals surface area contributed by atoms with Crippen molar-refractivity contribution in [1.82, 2.24) is 0 Å². The maximum atomic E-state index is 5.70. The van der Waals surface area contributed by atoms with Gasteiger partial charge in [-0.15, -0.1) is 11.8 Å². The molecule has 0 aliphatic rings. The summed E-state index contributed by atoms with van der Waals surface area (Å²) in [6, 6.07) is 16.0. The number of hydrogen-bond donors (Lipinski definition) is 1. The van der Waals surface area contributed by atoms with E-state index in [9.17, 15) is 0 Å². The van der Waals surface area contributed by atoms with E-state index in [1.807, 2.05) is 36.0 Å². The van der Waals surface area contributed by atoms with Crippen LogP contribution in [0.5, 0.6) is 5.75 Å². The Hall–Kier alpha value is -1.61. The number of anilines is 1. The van der Waals surface area contributed by atoms with Crippen LogP contribution in [0.3, 0.4) is 0 Å². The maximum Gasteiger partial charge on any atom is 0.121 e. The van der Waals surface area contributed by atoms with Crippen molar-refractivity contribution >= 4 is 17.4 Å². The summed E-state index contributed by atoms with van der Waals surface area (Å²) in [4.78, 5) is 1.35. The summed E-state index contributed by atoms with van der Waals surface area (Å²) in [5.41, 5.74) is 7.78. The molecule has 0 bridgehead atoms. The molecule has 0 aliphatic heterocycles. The van der Waals surface area contributed by atoms with Gasteiger partial charge in [0.05, 0.1) is 6.61 Å². The standard InChI is InChI=1S/C16H19NOS/c1-13-6-2-3-9-16(13)19-11-5-10-18-15-8-4-7-14(17)12-15/h2-4,6-9,12H,5,10-11,17H2,1H3. The third-order valence-electron chi connectivity index (χ3n) is 2.77. The highest BCUT2D eigenvalue weighted by molar-refractivity contribution is 7.99. The quantitative estimate of drug-likeness (QED) is 0.488. The van der Waals surface area contributed by atoms with Gasteiger partial charge in [0.15, 0.2) is 0 Å². The van der Waals surface area contributed by atoms with Gasteiger partial charge >= 0.3 is 0 Å². The molecule has 2 nitrogen and oxygen atoms in total. The molecule has 0 amide bonds. The second-order valence-electron chi connectivity index (χ2n) is 4.39. The van der Waals surface area contributed by atoms with Crippen LogP contribution in [-0.2, 0) is 0 Å². The zero-order valence-electron chi connectivity index (χ0n) is 11.1. The molecule has 0 radical (unpaired) electrons. The summed E-state index contributed by atoms with van der Waals surface area (Å²) in [5, 5.41) is 0. The van der Waals surface area contributed by atoms with E-state index in [4.69, 9.17) is 10.5 Å². The number of rotatable bonds is 6. The molecular weight excluding hydrogens is 254 g/mol. The third-order valence-corrected chi connectivity index (χ3v) is 4.03. The lowest BCUT2D eigenvalue weighted by molar-refractivity contribution is 0.319. The van der Waals surface area contributed by atoms with Gasteiger partial charge in [-0.25, -0.2) is 0 Å². The zero-order chi connectivity index (χ0) is 13.5. The van der Waals surface area contributed by atoms with Crippen molar-refractivity contribution in [1.29, 1.82) is 0 Å². The predicted octanol–water partition coefficient (Wildman–Crippen LogP) is 4.14. The Morgan fingerprint density at radius 3 is 2.74 bits per heavy atom. The van der Waals surface area contributed by atoms with E-state index >= 15 is 0 Å². The number of thioether (sulfide) groups is 1. The first-order valence-electron chi connectivity index (χ1n) is 6.42. The van der Waals surface area contributed by atoms with E-state index in [1.165, 1.54) is 10.5 Å². The molecule has 2 rings (SSSR count). The smallest absolute Gasteiger partial charge is 0.121 e. The molecule has 0 atom stereocenters. The van der Waals surface area contributed by atoms with Gasteiger partial charge in [0.25, 0.3) is 0 Å². The van der Waals surface area contributed by atoms with Crippen LogP contribution in [0.1, 0.15) is 12.0 Å². The minimum atomic E-state index is 0.725. The van der Waals surface area contributed by atoms with E-state index in [1.54, 1.807) is 0 Å². The van der Waals surface area contributed by atoms with Gasteiger partial charge in [0, 0.05) is 22.4 Å². The number of aryl methyl sites for hydroxylation is 1. The van der Waals surface area contributed by atoms with Gasteiger partial charge in [0.2, 0.25) is 0 Å². The fourth-order valence-corrected chi connectivity index (χ4v) is 2.71. The summed E-state index contributed by atoms with van der Waals surface area (Å²) >= 11 is 1.88. The normalized spacial score (nSPS) is 10.4. The molecule has 3 heteroatoms. The van der Waals surface area contributed by atoms with Crippen LogP contribution in [0.15, 0.2) is 53.4 Å². The zero-order valence-corrected chi connectivity index (χ0v) is 12.0. The maximum absolute atomic E-state index is 5.70. The Morgan fingerprint density at radius 1 is 1.11 bits per heavy atom. The van der Waals surface area contributed by atoms with Crippen molar-refractivity contribution in [3.63, 3.8) is 0 Å². The van der Waals surface area contributed by atoms with Crippen LogP contribution in [0.4, 0.5) is 5.69 Å². The summed E-state index contributed by atoms with van der Waals surface area (Å²) in [7, 11) is 0. The van der Waals surface area contributed by atoms with E-state index in [0.717, 1.165) is 30.2 Å². The molecule has 0 aromatic heterocycles. The molecule has 0 saturated heterocycles. The van der Waals surface area contributed by atoms with Gasteiger partial charge in [0.1, 0.15) is 5.75 Å². The number of ether oxygens (including phenoxy) is 1. The molecular formula is C16H19NOS. The highest BCUT2D eigenvalue weighted by Gasteiger charge is 1.98. The number of hydrogen-bond acceptors (Lipinski definition) is 3. The Labute approximate surface area is 119 Å². The summed E-state index contributed by atoms with van der Waals surface area (Å²) in [5.74, 6) is 1.91. The van der Waals surface area contributed by atoms with Crippen molar-refractivity contribution in [3.05, 3.63) is 54.1 Å². The van der Waals surface area contributed by atoms with Gasteiger partial charge in [-0.2, -0.15) is 0 Å². The first-order chi connectivity index (χ1) is 9.25. The van der Waals surface area contributed by atoms with Crippen molar-refractivity contribution in [2.75, 3.05) is 18.1 Å². The van der Waals surface area contributed by atoms with E-state index in [2.05, 4.69) is 31.2 Å². The fourth-order valence-electron chi connectivity index (χ4n) is 1.75. The minimum Gasteiger partial charge on any atom is -0.493 e. The van der Waals surface area contributed by atoms with Crippen LogP contribution in [-0.4, -0.2) is 12.4 Å². The second kappa shape index (κ2) is 7.10. The van der Waals surface area contributed by atoms with Crippen LogP contribution < -0.4 is 10.5 Å². The lowest BCUT2D eigenvalue weighted by Gasteiger charge is -2.07. The van der Waals surface area contributed by atoms with Gasteiger partial charge in [-0.05, 0) is 37.1 Å². The molecule has 100 valence electrons. The first kappa shape index (κ1) is 13.8. The van der Waals surface area contributed by atoms with Crippen LogP contribution in [0.2, 0.25) is 0 Å². The lowest BCUT2D eigenvalue weighted by atomic mass is 10.2. The molecule has 2 N–H and O–H groups in total. The minimum absolute atomic E-state index is 0.725. The lowest BCUT2D eigenvalue weighted by Crippen LogP contribution is -1.99. The molecule has 0 fully saturated rings. The van der Waals surface area contributed by atoms with E-state index in [-0.39, 0.29) is 0 Å². The average molecular weight is 273 g/mol. The molecule has 0 aliphatic carbocycles. The molecule has 2 aromatic rings. The molecule has 0 heterocycles. The largest absolute Gasteiger partial charge is 0.493 e.